The molecule has 1 saturated carbocycles. The third kappa shape index (κ3) is 3.37. The largest absolute Gasteiger partial charge is 0.505 e. The Bertz CT molecular complexity index is 430. The van der Waals surface area contributed by atoms with Crippen LogP contribution in [0.15, 0.2) is 18.2 Å². The van der Waals surface area contributed by atoms with Crippen molar-refractivity contribution in [3.63, 3.8) is 0 Å². The van der Waals surface area contributed by atoms with Gasteiger partial charge in [-0.2, -0.15) is 0 Å². The standard InChI is InChI=1S/C13H18N2O3/c14-11-3-1-2-10(12(11)16)13(17)15-6-7-18-8-9-4-5-9/h1-3,9,16H,4-8,14H2,(H,15,17). The zero-order valence-electron chi connectivity index (χ0n) is 10.2. The van der Waals surface area contributed by atoms with E-state index < -0.39 is 0 Å². The molecule has 1 amide bonds. The smallest absolute Gasteiger partial charge is 0.255 e. The van der Waals surface area contributed by atoms with Crippen LogP contribution in [0.3, 0.4) is 0 Å². The third-order valence-electron chi connectivity index (χ3n) is 2.89. The highest BCUT2D eigenvalue weighted by Gasteiger charge is 2.21. The number of nitrogen functional groups attached to an aromatic ring is 1. The molecule has 1 aromatic rings. The molecule has 0 bridgehead atoms. The van der Waals surface area contributed by atoms with Gasteiger partial charge in [0.05, 0.1) is 17.9 Å². The van der Waals surface area contributed by atoms with Crippen LogP contribution in [-0.4, -0.2) is 30.8 Å². The summed E-state index contributed by atoms with van der Waals surface area (Å²) >= 11 is 0. The SMILES string of the molecule is Nc1cccc(C(=O)NCCOCC2CC2)c1O. The summed E-state index contributed by atoms with van der Waals surface area (Å²) in [6, 6.07) is 4.71. The van der Waals surface area contributed by atoms with Gasteiger partial charge in [-0.1, -0.05) is 6.07 Å². The number of hydrogen-bond acceptors (Lipinski definition) is 4. The highest BCUT2D eigenvalue weighted by molar-refractivity contribution is 5.98. The average Bonchev–Trinajstić information content (AvgIpc) is 3.16. The second-order valence-electron chi connectivity index (χ2n) is 4.52. The van der Waals surface area contributed by atoms with Gasteiger partial charge in [-0.05, 0) is 30.9 Å². The molecule has 0 unspecified atom stereocenters. The van der Waals surface area contributed by atoms with Gasteiger partial charge in [0.15, 0.2) is 5.75 Å². The molecule has 1 aromatic carbocycles. The fourth-order valence-corrected chi connectivity index (χ4v) is 1.61. The Morgan fingerprint density at radius 3 is 3.00 bits per heavy atom. The Labute approximate surface area is 106 Å². The zero-order chi connectivity index (χ0) is 13.0. The molecule has 0 atom stereocenters. The summed E-state index contributed by atoms with van der Waals surface area (Å²) in [7, 11) is 0. The predicted octanol–water partition coefficient (Wildman–Crippen LogP) is 1.13. The number of phenols is 1. The first-order valence-corrected chi connectivity index (χ1v) is 6.12. The summed E-state index contributed by atoms with van der Waals surface area (Å²) in [6.45, 7) is 1.70. The molecule has 0 aromatic heterocycles. The van der Waals surface area contributed by atoms with Crippen LogP contribution in [0.1, 0.15) is 23.2 Å². The van der Waals surface area contributed by atoms with E-state index in [0.29, 0.717) is 13.2 Å². The van der Waals surface area contributed by atoms with E-state index in [1.54, 1.807) is 12.1 Å². The number of carbonyl (C=O) groups is 1. The second kappa shape index (κ2) is 5.73. The lowest BCUT2D eigenvalue weighted by Gasteiger charge is -2.08. The van der Waals surface area contributed by atoms with Crippen LogP contribution in [0.4, 0.5) is 5.69 Å². The highest BCUT2D eigenvalue weighted by atomic mass is 16.5. The fraction of sp³-hybridized carbons (Fsp3) is 0.462. The van der Waals surface area contributed by atoms with Crippen molar-refractivity contribution < 1.29 is 14.6 Å². The Morgan fingerprint density at radius 2 is 2.28 bits per heavy atom. The van der Waals surface area contributed by atoms with Crippen molar-refractivity contribution in [3.8, 4) is 5.75 Å². The molecule has 0 radical (unpaired) electrons. The van der Waals surface area contributed by atoms with E-state index in [-0.39, 0.29) is 22.9 Å². The maximum Gasteiger partial charge on any atom is 0.255 e. The molecule has 5 nitrogen and oxygen atoms in total. The van der Waals surface area contributed by atoms with Crippen molar-refractivity contribution in [1.82, 2.24) is 5.32 Å². The molecule has 0 saturated heterocycles. The summed E-state index contributed by atoms with van der Waals surface area (Å²) < 4.78 is 5.40. The normalized spacial score (nSPS) is 14.4. The van der Waals surface area contributed by atoms with Gasteiger partial charge < -0.3 is 20.9 Å². The van der Waals surface area contributed by atoms with Crippen molar-refractivity contribution in [3.05, 3.63) is 23.8 Å². The van der Waals surface area contributed by atoms with Crippen molar-refractivity contribution in [2.24, 2.45) is 5.92 Å². The number of amides is 1. The van der Waals surface area contributed by atoms with Gasteiger partial charge in [-0.15, -0.1) is 0 Å². The molecule has 98 valence electrons. The van der Waals surface area contributed by atoms with Crippen LogP contribution < -0.4 is 11.1 Å². The van der Waals surface area contributed by atoms with Crippen molar-refractivity contribution in [1.29, 1.82) is 0 Å². The Kier molecular flexibility index (Phi) is 4.04. The van der Waals surface area contributed by atoms with E-state index >= 15 is 0 Å². The van der Waals surface area contributed by atoms with E-state index in [2.05, 4.69) is 5.32 Å². The van der Waals surface area contributed by atoms with Crippen LogP contribution in [0.25, 0.3) is 0 Å². The summed E-state index contributed by atoms with van der Waals surface area (Å²) in [5.74, 6) is 0.211. The number of hydrogen-bond donors (Lipinski definition) is 3. The van der Waals surface area contributed by atoms with Crippen molar-refractivity contribution in [2.75, 3.05) is 25.5 Å². The Morgan fingerprint density at radius 1 is 1.50 bits per heavy atom. The van der Waals surface area contributed by atoms with E-state index in [0.717, 1.165) is 12.5 Å². The molecule has 18 heavy (non-hydrogen) atoms. The van der Waals surface area contributed by atoms with Gasteiger partial charge in [0.1, 0.15) is 0 Å². The number of para-hydroxylation sites is 1. The van der Waals surface area contributed by atoms with Gasteiger partial charge in [0.2, 0.25) is 0 Å². The highest BCUT2D eigenvalue weighted by Crippen LogP contribution is 2.28. The number of carbonyl (C=O) groups excluding carboxylic acids is 1. The molecule has 5 heteroatoms. The maximum absolute atomic E-state index is 11.7. The minimum absolute atomic E-state index is 0.172. The van der Waals surface area contributed by atoms with E-state index in [1.165, 1.54) is 18.9 Å². The lowest BCUT2D eigenvalue weighted by Crippen LogP contribution is -2.27. The Balaban J connectivity index is 1.74. The number of phenolic OH excluding ortho intramolecular Hbond substituents is 1. The fourth-order valence-electron chi connectivity index (χ4n) is 1.61. The van der Waals surface area contributed by atoms with Gasteiger partial charge in [-0.3, -0.25) is 4.79 Å². The number of rotatable bonds is 6. The van der Waals surface area contributed by atoms with Gasteiger partial charge in [-0.25, -0.2) is 0 Å². The number of nitrogens with two attached hydrogens (primary N) is 1. The minimum atomic E-state index is -0.338. The number of anilines is 1. The number of benzene rings is 1. The topological polar surface area (TPSA) is 84.6 Å². The van der Waals surface area contributed by atoms with Crippen molar-refractivity contribution >= 4 is 11.6 Å². The van der Waals surface area contributed by atoms with E-state index in [1.807, 2.05) is 0 Å². The molecular weight excluding hydrogens is 232 g/mol. The maximum atomic E-state index is 11.7. The monoisotopic (exact) mass is 250 g/mol. The molecule has 1 aliphatic carbocycles. The third-order valence-corrected chi connectivity index (χ3v) is 2.89. The van der Waals surface area contributed by atoms with Crippen LogP contribution in [0, 0.1) is 5.92 Å². The van der Waals surface area contributed by atoms with Crippen LogP contribution in [0.2, 0.25) is 0 Å². The first kappa shape index (κ1) is 12.7. The molecule has 0 aliphatic heterocycles. The summed E-state index contributed by atoms with van der Waals surface area (Å²) in [4.78, 5) is 11.7. The quantitative estimate of drug-likeness (QED) is 0.401. The molecule has 1 fully saturated rings. The molecule has 4 N–H and O–H groups in total. The number of ether oxygens (including phenoxy) is 1. The lowest BCUT2D eigenvalue weighted by molar-refractivity contribution is 0.0904. The van der Waals surface area contributed by atoms with Gasteiger partial charge in [0, 0.05) is 13.2 Å². The molecule has 2 rings (SSSR count). The Hall–Kier alpha value is -1.75. The first-order chi connectivity index (χ1) is 8.68. The van der Waals surface area contributed by atoms with Crippen LogP contribution in [0.5, 0.6) is 5.75 Å². The minimum Gasteiger partial charge on any atom is -0.505 e. The predicted molar refractivity (Wildman–Crippen MR) is 68.4 cm³/mol. The first-order valence-electron chi connectivity index (χ1n) is 6.12. The lowest BCUT2D eigenvalue weighted by atomic mass is 10.1. The van der Waals surface area contributed by atoms with E-state index in [4.69, 9.17) is 10.5 Å². The van der Waals surface area contributed by atoms with Gasteiger partial charge >= 0.3 is 0 Å². The average molecular weight is 250 g/mol. The zero-order valence-corrected chi connectivity index (χ0v) is 10.2. The molecule has 0 heterocycles. The second-order valence-corrected chi connectivity index (χ2v) is 4.52. The molecular formula is C13H18N2O3. The summed E-state index contributed by atoms with van der Waals surface area (Å²) in [6.07, 6.45) is 2.51. The number of nitrogens with one attached hydrogen (secondary N) is 1. The van der Waals surface area contributed by atoms with E-state index in [9.17, 15) is 9.90 Å². The number of aromatic hydroxyl groups is 1. The molecule has 0 spiro atoms. The van der Waals surface area contributed by atoms with Gasteiger partial charge in [0.25, 0.3) is 5.91 Å². The van der Waals surface area contributed by atoms with Crippen molar-refractivity contribution in [2.45, 2.75) is 12.8 Å². The summed E-state index contributed by atoms with van der Waals surface area (Å²) in [5, 5.41) is 12.3. The van der Waals surface area contributed by atoms with Crippen LogP contribution >= 0.6 is 0 Å². The summed E-state index contributed by atoms with van der Waals surface area (Å²) in [5.41, 5.74) is 5.91. The molecule has 1 aliphatic rings. The van der Waals surface area contributed by atoms with Crippen LogP contribution in [-0.2, 0) is 4.74 Å².